The minimum absolute atomic E-state index is 0.0734. The highest BCUT2D eigenvalue weighted by Crippen LogP contribution is 2.27. The molecule has 0 aromatic rings. The molecule has 0 saturated carbocycles. The molecule has 20 nitrogen and oxygen atoms in total. The Morgan fingerprint density at radius 2 is 1.36 bits per heavy atom. The van der Waals surface area contributed by atoms with Crippen LogP contribution in [0.5, 0.6) is 0 Å². The molecule has 7 amide bonds. The van der Waals surface area contributed by atoms with E-state index in [4.69, 9.17) is 14.6 Å². The second-order valence-corrected chi connectivity index (χ2v) is 16.3. The Labute approximate surface area is 386 Å². The van der Waals surface area contributed by atoms with Crippen LogP contribution in [0.15, 0.2) is 0 Å². The third-order valence-electron chi connectivity index (χ3n) is 8.30. The maximum absolute atomic E-state index is 12.0. The summed E-state index contributed by atoms with van der Waals surface area (Å²) in [6.07, 6.45) is 5.98. The van der Waals surface area contributed by atoms with Gasteiger partial charge in [-0.05, 0) is 89.6 Å². The third-order valence-corrected chi connectivity index (χ3v) is 8.44. The fourth-order valence-electron chi connectivity index (χ4n) is 4.05. The van der Waals surface area contributed by atoms with Crippen molar-refractivity contribution in [2.75, 3.05) is 46.4 Å². The first kappa shape index (κ1) is 71.4. The third kappa shape index (κ3) is 50.4. The number of carboxylic acids is 1. The molecule has 0 bridgehead atoms. The zero-order chi connectivity index (χ0) is 51.3. The number of aldehydes is 1. The van der Waals surface area contributed by atoms with Gasteiger partial charge in [-0.15, -0.1) is 0 Å². The molecule has 1 heterocycles. The first-order valence-corrected chi connectivity index (χ1v) is 22.4. The lowest BCUT2D eigenvalue weighted by Gasteiger charge is -2.29. The molecule has 64 heavy (non-hydrogen) atoms. The van der Waals surface area contributed by atoms with Gasteiger partial charge in [-0.2, -0.15) is 0 Å². The molecule has 5 unspecified atom stereocenters. The number of amides is 7. The molecule has 0 aromatic heterocycles. The van der Waals surface area contributed by atoms with Crippen LogP contribution in [0.25, 0.3) is 0 Å². The summed E-state index contributed by atoms with van der Waals surface area (Å²) in [5.41, 5.74) is -0.842. The number of hydrogen-bond donors (Lipinski definition) is 9. The van der Waals surface area contributed by atoms with Crippen LogP contribution in [0.3, 0.4) is 0 Å². The number of aliphatic hydroxyl groups is 1. The minimum atomic E-state index is -1.20. The van der Waals surface area contributed by atoms with Gasteiger partial charge < -0.3 is 61.6 Å². The average Bonchev–Trinajstić information content (AvgIpc) is 3.66. The molecule has 0 aromatic carbocycles. The van der Waals surface area contributed by atoms with E-state index in [1.807, 2.05) is 56.0 Å². The molecule has 1 aliphatic rings. The molecule has 0 radical (unpaired) electrons. The second kappa shape index (κ2) is 46.7. The predicted octanol–water partition coefficient (Wildman–Crippen LogP) is 2.07. The Kier molecular flexibility index (Phi) is 52.1. The van der Waals surface area contributed by atoms with Crippen LogP contribution < -0.4 is 37.0 Å². The Balaban J connectivity index is -0.000000171. The molecule has 378 valence electrons. The Morgan fingerprint density at radius 3 is 1.67 bits per heavy atom. The van der Waals surface area contributed by atoms with Gasteiger partial charge in [-0.25, -0.2) is 0 Å². The number of carboxylic acid groups (broad SMARTS) is 1. The van der Waals surface area contributed by atoms with E-state index in [9.17, 15) is 43.5 Å². The number of likely N-dealkylation sites (N-methyl/N-ethyl adjacent to an activating group) is 1. The van der Waals surface area contributed by atoms with Crippen molar-refractivity contribution in [1.29, 1.82) is 0 Å². The van der Waals surface area contributed by atoms with Gasteiger partial charge in [0, 0.05) is 56.6 Å². The molecule has 1 fully saturated rings. The highest BCUT2D eigenvalue weighted by atomic mass is 31.0. The van der Waals surface area contributed by atoms with Gasteiger partial charge >= 0.3 is 5.97 Å². The maximum atomic E-state index is 12.0. The van der Waals surface area contributed by atoms with Crippen molar-refractivity contribution in [3.05, 3.63) is 0 Å². The molecule has 5 atom stereocenters. The number of ether oxygens (including phenoxy) is 1. The first-order valence-electron chi connectivity index (χ1n) is 21.8. The number of nitrogens with zero attached hydrogens (tertiary/aromatic N) is 1. The minimum Gasteiger partial charge on any atom is -0.481 e. The number of aliphatic carboxylic acids is 1. The predicted molar refractivity (Wildman–Crippen MR) is 255 cm³/mol. The van der Waals surface area contributed by atoms with Gasteiger partial charge in [-0.3, -0.25) is 38.4 Å². The van der Waals surface area contributed by atoms with Crippen LogP contribution >= 0.6 is 9.39 Å². The van der Waals surface area contributed by atoms with Crippen LogP contribution in [0.1, 0.15) is 135 Å². The summed E-state index contributed by atoms with van der Waals surface area (Å²) in [5.74, 6) is -1.53. The monoisotopic (exact) mass is 941 g/mol. The standard InChI is InChI=1S/C14H27NO3.C11H20N4O5.C6H11NO.C4H11N.C4H10.C3H6O2.CH4NOP/c1-6-14(5,12(17)15-7-2)9-11-18-13(3,4)8-10-16;1-3-13-8(18)5-14-11(20)10(7(2)17)15-9(19)4-12-6-16;1-6-3-2-4-7(6)5-8;1-4(2)5-3;1-4(2)3;1-2-3(4)5;3-1-2-4/h10H,6-9,11H2,1-5H3,(H,15,17);6-7,10,17H,3-5H2,1-2H3,(H,12,16)(H,13,18)(H,14,20)(H,15,19);5-6H,2-4H2,1H3;4-5H,1-3H3;4H,1-3H3;2H2,1H3,(H,4,5);1H,4H2,(H,2,3). The van der Waals surface area contributed by atoms with E-state index in [2.05, 4.69) is 78.5 Å². The zero-order valence-corrected chi connectivity index (χ0v) is 42.8. The summed E-state index contributed by atoms with van der Waals surface area (Å²) in [6.45, 7) is 29.1. The summed E-state index contributed by atoms with van der Waals surface area (Å²) in [4.78, 5) is 97.2. The van der Waals surface area contributed by atoms with Crippen molar-refractivity contribution in [2.45, 2.75) is 165 Å². The van der Waals surface area contributed by atoms with Crippen molar-refractivity contribution in [1.82, 2.24) is 41.9 Å². The van der Waals surface area contributed by atoms with Gasteiger partial charge in [0.05, 0.1) is 24.8 Å². The summed E-state index contributed by atoms with van der Waals surface area (Å²) in [6, 6.07) is -0.0760. The number of nitrogens with one attached hydrogen (secondary N) is 7. The Bertz CT molecular complexity index is 1240. The van der Waals surface area contributed by atoms with Crippen molar-refractivity contribution in [3.8, 4) is 0 Å². The van der Waals surface area contributed by atoms with Crippen LogP contribution in [-0.4, -0.2) is 146 Å². The Morgan fingerprint density at radius 1 is 0.859 bits per heavy atom. The van der Waals surface area contributed by atoms with E-state index < -0.39 is 40.9 Å². The highest BCUT2D eigenvalue weighted by molar-refractivity contribution is 7.14. The molecule has 1 rings (SSSR count). The van der Waals surface area contributed by atoms with Crippen LogP contribution in [0.2, 0.25) is 0 Å². The summed E-state index contributed by atoms with van der Waals surface area (Å²) in [5, 5.41) is 34.4. The van der Waals surface area contributed by atoms with Crippen LogP contribution in [0, 0.1) is 11.3 Å². The number of likely N-dealkylation sites (tertiary alicyclic amines) is 1. The molecule has 9 N–H and O–H groups in total. The van der Waals surface area contributed by atoms with E-state index in [0.717, 1.165) is 31.6 Å². The molecular formula is C43H89N8O12P. The van der Waals surface area contributed by atoms with Crippen LogP contribution in [0.4, 0.5) is 0 Å². The van der Waals surface area contributed by atoms with E-state index in [1.165, 1.54) is 19.8 Å². The van der Waals surface area contributed by atoms with Gasteiger partial charge in [0.1, 0.15) is 12.3 Å². The fraction of sp³-hybridized carbons (Fsp3) is 0.791. The summed E-state index contributed by atoms with van der Waals surface area (Å²) < 4.78 is 5.68. The van der Waals surface area contributed by atoms with Gasteiger partial charge in [0.2, 0.25) is 42.9 Å². The summed E-state index contributed by atoms with van der Waals surface area (Å²) in [7, 11) is 3.99. The van der Waals surface area contributed by atoms with Gasteiger partial charge in [-0.1, -0.05) is 55.4 Å². The number of rotatable bonds is 22. The van der Waals surface area contributed by atoms with Crippen molar-refractivity contribution in [3.63, 3.8) is 0 Å². The quantitative estimate of drug-likeness (QED) is 0.0556. The molecule has 0 aliphatic carbocycles. The molecule has 21 heteroatoms. The van der Waals surface area contributed by atoms with Crippen LogP contribution in [-0.2, 0) is 47.9 Å². The lowest BCUT2D eigenvalue weighted by molar-refractivity contribution is -0.136. The fourth-order valence-corrected chi connectivity index (χ4v) is 4.05. The number of hydrogen-bond acceptors (Lipinski definition) is 12. The summed E-state index contributed by atoms with van der Waals surface area (Å²) >= 11 is 0. The van der Waals surface area contributed by atoms with E-state index >= 15 is 0 Å². The van der Waals surface area contributed by atoms with E-state index in [-0.39, 0.29) is 31.3 Å². The topological polar surface area (TPSA) is 291 Å². The normalized spacial score (nSPS) is 14.0. The number of carbonyl (C=O) groups excluding carboxylic acids is 8. The van der Waals surface area contributed by atoms with E-state index in [1.54, 1.807) is 13.8 Å². The van der Waals surface area contributed by atoms with Crippen molar-refractivity contribution < 1.29 is 58.1 Å². The number of aliphatic hydroxyl groups excluding tert-OH is 1. The second-order valence-electron chi connectivity index (χ2n) is 16.0. The molecule has 0 spiro atoms. The zero-order valence-electron chi connectivity index (χ0n) is 41.7. The molecule has 1 aliphatic heterocycles. The lowest BCUT2D eigenvalue weighted by atomic mass is 9.83. The smallest absolute Gasteiger partial charge is 0.303 e. The van der Waals surface area contributed by atoms with Crippen molar-refractivity contribution in [2.24, 2.45) is 11.3 Å². The molecule has 1 saturated heterocycles. The lowest BCUT2D eigenvalue weighted by Crippen LogP contribution is -2.55. The van der Waals surface area contributed by atoms with Crippen molar-refractivity contribution >= 4 is 64.5 Å². The van der Waals surface area contributed by atoms with Gasteiger partial charge in [0.15, 0.2) is 0 Å². The first-order chi connectivity index (χ1) is 29.8. The van der Waals surface area contributed by atoms with Gasteiger partial charge in [0.25, 0.3) is 0 Å². The van der Waals surface area contributed by atoms with E-state index in [0.29, 0.717) is 57.4 Å². The highest BCUT2D eigenvalue weighted by Gasteiger charge is 2.31. The number of carbonyl (C=O) groups is 9. The maximum Gasteiger partial charge on any atom is 0.303 e. The largest absolute Gasteiger partial charge is 0.481 e. The molecular weight excluding hydrogens is 851 g/mol. The Hall–Kier alpha value is -4.26. The SMILES string of the molecule is CC(C)C.CC1CCCN1C=O.CCC(=O)O.CCNC(=O)C(C)(CC)CCOC(C)(C)CC=O.CCNC(=O)CNC(=O)C(NC(=O)CNC=O)C(C)O.CNC(C)C.O=CNP. The average molecular weight is 941 g/mol.